The van der Waals surface area contributed by atoms with Crippen LogP contribution in [0.4, 0.5) is 5.69 Å². The summed E-state index contributed by atoms with van der Waals surface area (Å²) >= 11 is 0. The summed E-state index contributed by atoms with van der Waals surface area (Å²) in [5.74, 6) is 0. The molecule has 2 N–H and O–H groups in total. The first kappa shape index (κ1) is 11.2. The summed E-state index contributed by atoms with van der Waals surface area (Å²) in [7, 11) is 1.99. The number of anilines is 1. The zero-order chi connectivity index (χ0) is 12.4. The minimum Gasteiger partial charge on any atom is -0.375 e. The fourth-order valence-corrected chi connectivity index (χ4v) is 2.58. The molecular weight excluding hydrogens is 222 g/mol. The smallest absolute Gasteiger partial charge is 0.0641 e. The maximum Gasteiger partial charge on any atom is 0.0641 e. The molecule has 1 atom stereocenters. The summed E-state index contributed by atoms with van der Waals surface area (Å²) in [5, 5.41) is 6.85. The molecule has 1 aliphatic rings. The number of fused-ring (bicyclic) bond motifs is 2. The molecule has 1 aliphatic heterocycles. The van der Waals surface area contributed by atoms with Crippen molar-refractivity contribution in [1.82, 2.24) is 10.3 Å². The molecule has 0 saturated heterocycles. The third kappa shape index (κ3) is 1.97. The highest BCUT2D eigenvalue weighted by Gasteiger charge is 2.20. The van der Waals surface area contributed by atoms with Crippen LogP contribution in [0.5, 0.6) is 0 Å². The highest BCUT2D eigenvalue weighted by atomic mass is 15.0. The van der Waals surface area contributed by atoms with Gasteiger partial charge in [-0.25, -0.2) is 0 Å². The largest absolute Gasteiger partial charge is 0.375 e. The van der Waals surface area contributed by atoms with Gasteiger partial charge in [-0.05, 0) is 36.2 Å². The van der Waals surface area contributed by atoms with E-state index in [0.29, 0.717) is 6.04 Å². The van der Waals surface area contributed by atoms with Crippen molar-refractivity contribution >= 4 is 5.69 Å². The first-order valence-corrected chi connectivity index (χ1v) is 6.30. The van der Waals surface area contributed by atoms with E-state index in [9.17, 15) is 0 Å². The summed E-state index contributed by atoms with van der Waals surface area (Å²) in [4.78, 5) is 4.21. The number of hydrogen-bond acceptors (Lipinski definition) is 3. The van der Waals surface area contributed by atoms with E-state index >= 15 is 0 Å². The lowest BCUT2D eigenvalue weighted by atomic mass is 9.97. The van der Waals surface area contributed by atoms with Crippen molar-refractivity contribution in [3.8, 4) is 0 Å². The fraction of sp³-hybridized carbons (Fsp3) is 0.267. The summed E-state index contributed by atoms with van der Waals surface area (Å²) in [6.07, 6.45) is 4.76. The zero-order valence-corrected chi connectivity index (χ0v) is 10.5. The highest BCUT2D eigenvalue weighted by Crippen LogP contribution is 2.30. The van der Waals surface area contributed by atoms with Gasteiger partial charge in [0.25, 0.3) is 0 Å². The predicted molar refractivity (Wildman–Crippen MR) is 73.8 cm³/mol. The molecule has 3 heteroatoms. The van der Waals surface area contributed by atoms with Crippen LogP contribution in [0.15, 0.2) is 42.7 Å². The molecule has 0 amide bonds. The topological polar surface area (TPSA) is 37.0 Å². The van der Waals surface area contributed by atoms with E-state index in [-0.39, 0.29) is 0 Å². The van der Waals surface area contributed by atoms with E-state index in [4.69, 9.17) is 0 Å². The number of pyridine rings is 1. The van der Waals surface area contributed by atoms with Gasteiger partial charge < -0.3 is 10.6 Å². The van der Waals surface area contributed by atoms with Gasteiger partial charge in [-0.2, -0.15) is 0 Å². The Kier molecular flexibility index (Phi) is 2.99. The van der Waals surface area contributed by atoms with E-state index in [0.717, 1.165) is 18.7 Å². The number of nitrogens with zero attached hydrogens (tertiary/aromatic N) is 1. The molecule has 18 heavy (non-hydrogen) atoms. The molecule has 2 heterocycles. The number of aromatic nitrogens is 1. The second kappa shape index (κ2) is 4.78. The van der Waals surface area contributed by atoms with Crippen molar-refractivity contribution in [2.75, 3.05) is 18.9 Å². The number of benzene rings is 1. The second-order valence-electron chi connectivity index (χ2n) is 4.66. The number of hydrogen-bond donors (Lipinski definition) is 2. The van der Waals surface area contributed by atoms with Crippen LogP contribution in [0.3, 0.4) is 0 Å². The molecule has 0 saturated carbocycles. The number of rotatable bonds is 2. The summed E-state index contributed by atoms with van der Waals surface area (Å²) in [5.41, 5.74) is 5.24. The van der Waals surface area contributed by atoms with Crippen LogP contribution in [0.25, 0.3) is 0 Å². The van der Waals surface area contributed by atoms with Crippen LogP contribution >= 0.6 is 0 Å². The quantitative estimate of drug-likeness (QED) is 0.844. The minimum atomic E-state index is 0.302. The SMILES string of the molecule is CNCC1Nc2cnccc2Cc2ccccc21. The van der Waals surface area contributed by atoms with E-state index in [2.05, 4.69) is 45.9 Å². The normalized spacial score (nSPS) is 17.3. The first-order chi connectivity index (χ1) is 8.88. The molecule has 2 aromatic rings. The average molecular weight is 239 g/mol. The van der Waals surface area contributed by atoms with Gasteiger partial charge in [0.05, 0.1) is 17.9 Å². The van der Waals surface area contributed by atoms with Crippen molar-refractivity contribution in [1.29, 1.82) is 0 Å². The Labute approximate surface area is 107 Å². The monoisotopic (exact) mass is 239 g/mol. The van der Waals surface area contributed by atoms with E-state index < -0.39 is 0 Å². The Morgan fingerprint density at radius 2 is 2.17 bits per heavy atom. The molecule has 92 valence electrons. The lowest BCUT2D eigenvalue weighted by Gasteiger charge is -2.19. The van der Waals surface area contributed by atoms with Gasteiger partial charge >= 0.3 is 0 Å². The zero-order valence-electron chi connectivity index (χ0n) is 10.5. The van der Waals surface area contributed by atoms with Gasteiger partial charge in [0.15, 0.2) is 0 Å². The van der Waals surface area contributed by atoms with Crippen molar-refractivity contribution in [2.24, 2.45) is 0 Å². The van der Waals surface area contributed by atoms with E-state index in [1.165, 1.54) is 16.7 Å². The van der Waals surface area contributed by atoms with Gasteiger partial charge in [-0.1, -0.05) is 24.3 Å². The van der Waals surface area contributed by atoms with Crippen LogP contribution < -0.4 is 10.6 Å². The van der Waals surface area contributed by atoms with E-state index in [1.54, 1.807) is 0 Å². The second-order valence-corrected chi connectivity index (χ2v) is 4.66. The molecule has 0 bridgehead atoms. The first-order valence-electron chi connectivity index (χ1n) is 6.30. The highest BCUT2D eigenvalue weighted by molar-refractivity contribution is 5.56. The van der Waals surface area contributed by atoms with Crippen molar-refractivity contribution in [3.63, 3.8) is 0 Å². The van der Waals surface area contributed by atoms with Crippen molar-refractivity contribution in [3.05, 3.63) is 59.4 Å². The van der Waals surface area contributed by atoms with Gasteiger partial charge in [0.1, 0.15) is 0 Å². The maximum atomic E-state index is 4.21. The van der Waals surface area contributed by atoms with E-state index in [1.807, 2.05) is 19.4 Å². The van der Waals surface area contributed by atoms with Crippen LogP contribution in [-0.4, -0.2) is 18.6 Å². The third-order valence-corrected chi connectivity index (χ3v) is 3.46. The summed E-state index contributed by atoms with van der Waals surface area (Å²) < 4.78 is 0. The lowest BCUT2D eigenvalue weighted by Crippen LogP contribution is -2.23. The third-order valence-electron chi connectivity index (χ3n) is 3.46. The molecule has 1 unspecified atom stereocenters. The summed E-state index contributed by atoms with van der Waals surface area (Å²) in [6.45, 7) is 0.908. The predicted octanol–water partition coefficient (Wildman–Crippen LogP) is 2.36. The average Bonchev–Trinajstić information content (AvgIpc) is 2.56. The summed E-state index contributed by atoms with van der Waals surface area (Å²) in [6, 6.07) is 11.1. The Balaban J connectivity index is 2.08. The molecule has 0 fully saturated rings. The van der Waals surface area contributed by atoms with Crippen molar-refractivity contribution < 1.29 is 0 Å². The Hall–Kier alpha value is -1.87. The molecule has 3 rings (SSSR count). The number of likely N-dealkylation sites (N-methyl/N-ethyl adjacent to an activating group) is 1. The standard InChI is InChI=1S/C15H17N3/c1-16-9-15-13-5-3-2-4-11(13)8-12-6-7-17-10-14(12)18-15/h2-7,10,15-16,18H,8-9H2,1H3. The van der Waals surface area contributed by atoms with Gasteiger partial charge in [-0.15, -0.1) is 0 Å². The van der Waals surface area contributed by atoms with Crippen LogP contribution in [-0.2, 0) is 6.42 Å². The molecule has 1 aromatic carbocycles. The molecule has 0 spiro atoms. The fourth-order valence-electron chi connectivity index (χ4n) is 2.58. The molecule has 0 aliphatic carbocycles. The number of nitrogens with one attached hydrogen (secondary N) is 2. The molecule has 0 radical (unpaired) electrons. The van der Waals surface area contributed by atoms with Gasteiger partial charge in [0, 0.05) is 12.7 Å². The van der Waals surface area contributed by atoms with Crippen LogP contribution in [0, 0.1) is 0 Å². The molecule has 3 nitrogen and oxygen atoms in total. The Bertz CT molecular complexity index is 551. The molecular formula is C15H17N3. The Morgan fingerprint density at radius 3 is 3.06 bits per heavy atom. The Morgan fingerprint density at radius 1 is 1.28 bits per heavy atom. The van der Waals surface area contributed by atoms with Crippen LogP contribution in [0.1, 0.15) is 22.7 Å². The minimum absolute atomic E-state index is 0.302. The van der Waals surface area contributed by atoms with Gasteiger partial charge in [0.2, 0.25) is 0 Å². The lowest BCUT2D eigenvalue weighted by molar-refractivity contribution is 0.688. The van der Waals surface area contributed by atoms with Gasteiger partial charge in [-0.3, -0.25) is 4.98 Å². The van der Waals surface area contributed by atoms with Crippen molar-refractivity contribution in [2.45, 2.75) is 12.5 Å². The maximum absolute atomic E-state index is 4.21. The van der Waals surface area contributed by atoms with Crippen LogP contribution in [0.2, 0.25) is 0 Å². The molecule has 1 aromatic heterocycles.